The van der Waals surface area contributed by atoms with Crippen LogP contribution in [0.1, 0.15) is 121 Å². The van der Waals surface area contributed by atoms with Gasteiger partial charge in [0.1, 0.15) is 35.2 Å². The van der Waals surface area contributed by atoms with E-state index in [9.17, 15) is 32.8 Å². The number of fused-ring (bicyclic) bond motifs is 7. The van der Waals surface area contributed by atoms with Crippen molar-refractivity contribution < 1.29 is 99.1 Å². The topological polar surface area (TPSA) is 297 Å². The Morgan fingerprint density at radius 3 is 1.84 bits per heavy atom. The molecule has 0 radical (unpaired) electrons. The number of aliphatic hydroxyl groups excluding tert-OH is 1. The summed E-state index contributed by atoms with van der Waals surface area (Å²) in [4.78, 5) is 47.2. The fraction of sp³-hybridized carbons (Fsp3) is 0.586. The highest BCUT2D eigenvalue weighted by Gasteiger charge is 2.55. The second kappa shape index (κ2) is 36.6. The lowest BCUT2D eigenvalue weighted by atomic mass is 9.55. The average Bonchev–Trinajstić information content (AvgIpc) is 1.73. The quantitative estimate of drug-likeness (QED) is 0.00475. The van der Waals surface area contributed by atoms with Crippen molar-refractivity contribution in [2.24, 2.45) is 22.4 Å². The highest BCUT2D eigenvalue weighted by atomic mass is 32.2. The van der Waals surface area contributed by atoms with E-state index in [4.69, 9.17) is 56.9 Å². The molecule has 522 valence electrons. The molecule has 3 aliphatic rings. The van der Waals surface area contributed by atoms with Crippen molar-refractivity contribution in [1.82, 2.24) is 10.6 Å². The number of methoxy groups -OCH3 is 2. The number of rotatable bonds is 41. The smallest absolute Gasteiger partial charge is 0.345 e. The number of phenols is 1. The summed E-state index contributed by atoms with van der Waals surface area (Å²) >= 11 is 0. The molecule has 25 heteroatoms. The Bertz CT molecular complexity index is 3450. The van der Waals surface area contributed by atoms with Crippen LogP contribution in [0, 0.1) is 31.1 Å². The number of esters is 1. The standard InChI is InChI=1S/C70H96N4O20S/c1-8-24-87-41-52(42-88-25-9-2)92-50-12-16-62-58(38-50)66(59-39-51(13-17-63(59)74(62)23-10-34-95(80,81)82)93-53(43-89-30-28-83-6)44-90-31-29-84-7)69(79)94-67-46(3)35-48(36-47(67)4)68(78)72-22-27-86-33-32-85-26-21-71-65(77)45-91-73-61-40-56-55(54-14-11-49(75)37-57(54)61)19-20-70(5)60(56)15-18-64(70)76/h11-14,16-17,35-39,52-53,55-56,60,64,76H,8-10,15,18-34,40-45H2,1-7H3,(H3-,71,72,75,77,78,80,81,82)/p+1. The number of carbonyl (C=O) groups is 3. The minimum Gasteiger partial charge on any atom is -0.508 e. The second-order valence-electron chi connectivity index (χ2n) is 24.7. The third kappa shape index (κ3) is 20.7. The average molecular weight is 1350 g/mol. The number of pyridine rings is 1. The normalized spacial score (nSPS) is 18.9. The first-order valence-corrected chi connectivity index (χ1v) is 34.7. The van der Waals surface area contributed by atoms with E-state index in [-0.39, 0.29) is 132 Å². The lowest BCUT2D eigenvalue weighted by molar-refractivity contribution is -0.645. The molecule has 2 amide bonds. The number of aromatic hydroxyl groups is 1. The molecule has 1 heterocycles. The van der Waals surface area contributed by atoms with E-state index < -0.39 is 34.0 Å². The van der Waals surface area contributed by atoms with Crippen LogP contribution in [0.25, 0.3) is 21.8 Å². The zero-order chi connectivity index (χ0) is 67.9. The number of benzene rings is 4. The van der Waals surface area contributed by atoms with Gasteiger partial charge in [-0.3, -0.25) is 14.1 Å². The highest BCUT2D eigenvalue weighted by molar-refractivity contribution is 7.85. The van der Waals surface area contributed by atoms with Crippen LogP contribution in [0.2, 0.25) is 0 Å². The van der Waals surface area contributed by atoms with E-state index in [0.717, 1.165) is 49.7 Å². The zero-order valence-corrected chi connectivity index (χ0v) is 56.8. The molecular weight excluding hydrogens is 1250 g/mol. The lowest BCUT2D eigenvalue weighted by Crippen LogP contribution is -2.45. The second-order valence-corrected chi connectivity index (χ2v) is 26.3. The van der Waals surface area contributed by atoms with Crippen molar-refractivity contribution in [1.29, 1.82) is 0 Å². The summed E-state index contributed by atoms with van der Waals surface area (Å²) < 4.78 is 101. The first kappa shape index (κ1) is 74.2. The van der Waals surface area contributed by atoms with Crippen LogP contribution in [0.5, 0.6) is 23.0 Å². The Labute approximate surface area is 557 Å². The molecule has 0 spiro atoms. The summed E-state index contributed by atoms with van der Waals surface area (Å²) in [6.45, 7) is 14.0. The molecule has 8 rings (SSSR count). The van der Waals surface area contributed by atoms with Crippen LogP contribution in [-0.4, -0.2) is 197 Å². The van der Waals surface area contributed by atoms with E-state index in [1.807, 2.05) is 24.5 Å². The van der Waals surface area contributed by atoms with Gasteiger partial charge in [-0.05, 0) is 147 Å². The van der Waals surface area contributed by atoms with Gasteiger partial charge in [-0.2, -0.15) is 13.0 Å². The summed E-state index contributed by atoms with van der Waals surface area (Å²) in [6.07, 6.45) is 4.51. The first-order valence-electron chi connectivity index (χ1n) is 33.1. The van der Waals surface area contributed by atoms with Gasteiger partial charge in [0, 0.05) is 70.2 Å². The van der Waals surface area contributed by atoms with E-state index in [2.05, 4.69) is 22.7 Å². The third-order valence-corrected chi connectivity index (χ3v) is 18.6. The summed E-state index contributed by atoms with van der Waals surface area (Å²) in [5.41, 5.74) is 5.07. The summed E-state index contributed by atoms with van der Waals surface area (Å²) in [5.74, 6) is 0.0759. The number of hydrogen-bond acceptors (Lipinski definition) is 20. The van der Waals surface area contributed by atoms with E-state index in [1.165, 1.54) is 0 Å². The van der Waals surface area contributed by atoms with Crippen molar-refractivity contribution in [2.75, 3.05) is 132 Å². The van der Waals surface area contributed by atoms with Gasteiger partial charge in [0.05, 0.1) is 113 Å². The number of aryl methyl sites for hydroxylation is 3. The maximum Gasteiger partial charge on any atom is 0.345 e. The van der Waals surface area contributed by atoms with Crippen LogP contribution in [0.4, 0.5) is 0 Å². The molecule has 2 saturated carbocycles. The van der Waals surface area contributed by atoms with Crippen LogP contribution >= 0.6 is 0 Å². The largest absolute Gasteiger partial charge is 0.508 e. The number of nitrogens with one attached hydrogen (secondary N) is 2. The number of aliphatic hydroxyl groups is 1. The highest BCUT2D eigenvalue weighted by Crippen LogP contribution is 2.61. The zero-order valence-electron chi connectivity index (χ0n) is 56.0. The van der Waals surface area contributed by atoms with Crippen molar-refractivity contribution in [3.8, 4) is 23.0 Å². The van der Waals surface area contributed by atoms with Gasteiger partial charge in [0.15, 0.2) is 13.2 Å². The van der Waals surface area contributed by atoms with E-state index in [0.29, 0.717) is 114 Å². The van der Waals surface area contributed by atoms with Crippen molar-refractivity contribution >= 4 is 55.4 Å². The number of phenolic OH excluding ortho intramolecular Hbond substituents is 1. The molecule has 3 aliphatic carbocycles. The number of oxime groups is 1. The maximum atomic E-state index is 15.3. The van der Waals surface area contributed by atoms with Gasteiger partial charge in [0.2, 0.25) is 11.0 Å². The number of amides is 2. The Hall–Kier alpha value is -6.62. The molecule has 0 bridgehead atoms. The maximum absolute atomic E-state index is 15.3. The molecule has 5 atom stereocenters. The van der Waals surface area contributed by atoms with Gasteiger partial charge >= 0.3 is 5.97 Å². The fourth-order valence-corrected chi connectivity index (χ4v) is 13.7. The van der Waals surface area contributed by atoms with Gasteiger partial charge in [-0.15, -0.1) is 0 Å². The van der Waals surface area contributed by atoms with Crippen LogP contribution < -0.4 is 29.4 Å². The summed E-state index contributed by atoms with van der Waals surface area (Å²) in [6, 6.07) is 19.2. The minimum atomic E-state index is -4.33. The van der Waals surface area contributed by atoms with Gasteiger partial charge in [0.25, 0.3) is 21.9 Å². The third-order valence-electron chi connectivity index (χ3n) is 17.7. The Kier molecular flexibility index (Phi) is 28.6. The predicted octanol–water partition coefficient (Wildman–Crippen LogP) is 7.75. The molecule has 0 saturated heterocycles. The van der Waals surface area contributed by atoms with Crippen LogP contribution in [-0.2, 0) is 64.2 Å². The predicted molar refractivity (Wildman–Crippen MR) is 354 cm³/mol. The Balaban J connectivity index is 0.897. The lowest BCUT2D eigenvalue weighted by Gasteiger charge is -2.50. The van der Waals surface area contributed by atoms with Gasteiger partial charge in [-0.1, -0.05) is 32.0 Å². The monoisotopic (exact) mass is 1350 g/mol. The molecule has 95 heavy (non-hydrogen) atoms. The van der Waals surface area contributed by atoms with Gasteiger partial charge in [-0.25, -0.2) is 4.79 Å². The molecule has 5 N–H and O–H groups in total. The Morgan fingerprint density at radius 1 is 0.705 bits per heavy atom. The SMILES string of the molecule is CCCOCC(COCCC)Oc1ccc2c(c1)c(C(=O)Oc1c(C)cc(C(=O)NCCOCCOCCNC(=O)CON=C3CC4C(CCC5(C)C(O)CCC45)c4ccc(O)cc43)cc1C)c1cc(OC(COCCOC)COCCOC)ccc1[n+]2CCCS(=O)(=O)O. The Morgan fingerprint density at radius 2 is 1.27 bits per heavy atom. The number of ether oxygens (including phenoxy) is 11. The molecule has 1 aromatic heterocycles. The molecule has 5 aromatic rings. The number of aromatic nitrogens is 1. The molecule has 2 fully saturated rings. The summed E-state index contributed by atoms with van der Waals surface area (Å²) in [5, 5.41) is 32.2. The minimum absolute atomic E-state index is 0.0290. The van der Waals surface area contributed by atoms with Crippen LogP contribution in [0.15, 0.2) is 71.9 Å². The van der Waals surface area contributed by atoms with Crippen molar-refractivity contribution in [2.45, 2.75) is 117 Å². The summed E-state index contributed by atoms with van der Waals surface area (Å²) in [7, 11) is -1.17. The van der Waals surface area contributed by atoms with Crippen molar-refractivity contribution in [3.05, 3.63) is 100 Å². The molecule has 4 aromatic carbocycles. The number of hydrogen-bond donors (Lipinski definition) is 5. The molecular formula is C70H97N4O20S+. The van der Waals surface area contributed by atoms with Crippen molar-refractivity contribution in [3.63, 3.8) is 0 Å². The first-order chi connectivity index (χ1) is 45.9. The van der Waals surface area contributed by atoms with Crippen LogP contribution in [0.3, 0.4) is 0 Å². The number of nitrogens with zero attached hydrogens (tertiary/aromatic N) is 2. The van der Waals surface area contributed by atoms with Gasteiger partial charge < -0.3 is 77.8 Å². The fourth-order valence-electron chi connectivity index (χ4n) is 13.2. The van der Waals surface area contributed by atoms with E-state index in [1.54, 1.807) is 88.7 Å². The molecule has 24 nitrogen and oxygen atoms in total. The van der Waals surface area contributed by atoms with E-state index >= 15 is 4.79 Å². The number of carbonyl (C=O) groups excluding carboxylic acids is 3. The molecule has 5 unspecified atom stereocenters. The molecule has 0 aliphatic heterocycles.